The van der Waals surface area contributed by atoms with Gasteiger partial charge in [0.05, 0.1) is 6.61 Å². The lowest BCUT2D eigenvalue weighted by molar-refractivity contribution is -0.137. The van der Waals surface area contributed by atoms with Crippen molar-refractivity contribution in [3.8, 4) is 0 Å². The van der Waals surface area contributed by atoms with Gasteiger partial charge in [0, 0.05) is 31.1 Å². The van der Waals surface area contributed by atoms with Gasteiger partial charge in [-0.2, -0.15) is 0 Å². The monoisotopic (exact) mass is 234 g/mol. The van der Waals surface area contributed by atoms with Gasteiger partial charge in [-0.3, -0.25) is 4.98 Å². The van der Waals surface area contributed by atoms with Gasteiger partial charge >= 0.3 is 5.97 Å². The molecule has 4 heteroatoms. The molecule has 1 rings (SSSR count). The standard InChI is InChI=1S/C13H18N2O2/c1-3-17-13(16)5-4-8-14-9-12-7-6-11(2)15-10-12/h4-7,10,14H,3,8-9H2,1-2H3/b5-4+. The Balaban J connectivity index is 2.20. The Hall–Kier alpha value is -1.68. The quantitative estimate of drug-likeness (QED) is 0.461. The molecule has 0 saturated heterocycles. The second-order valence-corrected chi connectivity index (χ2v) is 3.59. The van der Waals surface area contributed by atoms with Gasteiger partial charge < -0.3 is 10.1 Å². The van der Waals surface area contributed by atoms with Crippen LogP contribution in [0.25, 0.3) is 0 Å². The van der Waals surface area contributed by atoms with Crippen LogP contribution in [0.4, 0.5) is 0 Å². The minimum absolute atomic E-state index is 0.300. The highest BCUT2D eigenvalue weighted by molar-refractivity contribution is 5.81. The fraction of sp³-hybridized carbons (Fsp3) is 0.385. The summed E-state index contributed by atoms with van der Waals surface area (Å²) in [4.78, 5) is 15.2. The molecule has 1 N–H and O–H groups in total. The summed E-state index contributed by atoms with van der Waals surface area (Å²) < 4.78 is 4.76. The van der Waals surface area contributed by atoms with Crippen molar-refractivity contribution in [2.45, 2.75) is 20.4 Å². The van der Waals surface area contributed by atoms with Crippen molar-refractivity contribution < 1.29 is 9.53 Å². The van der Waals surface area contributed by atoms with Gasteiger partial charge in [0.25, 0.3) is 0 Å². The van der Waals surface area contributed by atoms with Crippen molar-refractivity contribution in [3.63, 3.8) is 0 Å². The van der Waals surface area contributed by atoms with E-state index in [1.807, 2.05) is 25.3 Å². The van der Waals surface area contributed by atoms with Gasteiger partial charge in [-0.15, -0.1) is 0 Å². The number of hydrogen-bond donors (Lipinski definition) is 1. The van der Waals surface area contributed by atoms with E-state index in [0.717, 1.165) is 17.8 Å². The van der Waals surface area contributed by atoms with Crippen LogP contribution >= 0.6 is 0 Å². The Labute approximate surface area is 102 Å². The SMILES string of the molecule is CCOC(=O)/C=C/CNCc1ccc(C)nc1. The molecule has 0 saturated carbocycles. The zero-order valence-electron chi connectivity index (χ0n) is 10.3. The highest BCUT2D eigenvalue weighted by Gasteiger charge is 1.93. The normalized spacial score (nSPS) is 10.7. The first kappa shape index (κ1) is 13.4. The summed E-state index contributed by atoms with van der Waals surface area (Å²) in [5.74, 6) is -0.300. The van der Waals surface area contributed by atoms with Crippen LogP contribution in [0, 0.1) is 6.92 Å². The van der Waals surface area contributed by atoms with Crippen molar-refractivity contribution in [1.29, 1.82) is 0 Å². The minimum Gasteiger partial charge on any atom is -0.463 e. The third-order valence-corrected chi connectivity index (χ3v) is 2.10. The van der Waals surface area contributed by atoms with E-state index in [0.29, 0.717) is 13.2 Å². The molecular formula is C13H18N2O2. The van der Waals surface area contributed by atoms with Gasteiger partial charge in [-0.25, -0.2) is 4.79 Å². The average molecular weight is 234 g/mol. The third kappa shape index (κ3) is 5.82. The van der Waals surface area contributed by atoms with E-state index in [4.69, 9.17) is 4.74 Å². The molecule has 0 aliphatic carbocycles. The van der Waals surface area contributed by atoms with E-state index >= 15 is 0 Å². The highest BCUT2D eigenvalue weighted by Crippen LogP contribution is 1.98. The number of esters is 1. The Morgan fingerprint density at radius 3 is 3.00 bits per heavy atom. The number of carbonyl (C=O) groups excluding carboxylic acids is 1. The van der Waals surface area contributed by atoms with E-state index in [1.54, 1.807) is 13.0 Å². The lowest BCUT2D eigenvalue weighted by atomic mass is 10.2. The Kier molecular flexibility index (Phi) is 5.96. The first-order valence-electron chi connectivity index (χ1n) is 5.68. The van der Waals surface area contributed by atoms with E-state index in [-0.39, 0.29) is 5.97 Å². The lowest BCUT2D eigenvalue weighted by Gasteiger charge is -2.01. The van der Waals surface area contributed by atoms with Gasteiger partial charge in [0.1, 0.15) is 0 Å². The van der Waals surface area contributed by atoms with Crippen LogP contribution in [0.5, 0.6) is 0 Å². The van der Waals surface area contributed by atoms with E-state index in [9.17, 15) is 4.79 Å². The number of aryl methyl sites for hydroxylation is 1. The first-order valence-corrected chi connectivity index (χ1v) is 5.68. The highest BCUT2D eigenvalue weighted by atomic mass is 16.5. The number of carbonyl (C=O) groups is 1. The molecule has 0 atom stereocenters. The van der Waals surface area contributed by atoms with Gasteiger partial charge in [0.15, 0.2) is 0 Å². The van der Waals surface area contributed by atoms with E-state index in [2.05, 4.69) is 10.3 Å². The maximum atomic E-state index is 11.0. The summed E-state index contributed by atoms with van der Waals surface area (Å²) >= 11 is 0. The molecule has 1 aromatic rings. The largest absolute Gasteiger partial charge is 0.463 e. The number of ether oxygens (including phenoxy) is 1. The molecule has 1 heterocycles. The molecule has 17 heavy (non-hydrogen) atoms. The Morgan fingerprint density at radius 1 is 1.53 bits per heavy atom. The summed E-state index contributed by atoms with van der Waals surface area (Å²) in [5.41, 5.74) is 2.14. The van der Waals surface area contributed by atoms with E-state index < -0.39 is 0 Å². The zero-order chi connectivity index (χ0) is 12.5. The van der Waals surface area contributed by atoms with Crippen LogP contribution in [0.15, 0.2) is 30.5 Å². The van der Waals surface area contributed by atoms with Gasteiger partial charge in [0.2, 0.25) is 0 Å². The predicted octanol–water partition coefficient (Wildman–Crippen LogP) is 1.60. The smallest absolute Gasteiger partial charge is 0.330 e. The fourth-order valence-electron chi connectivity index (χ4n) is 1.25. The number of hydrogen-bond acceptors (Lipinski definition) is 4. The number of pyridine rings is 1. The number of nitrogens with one attached hydrogen (secondary N) is 1. The number of nitrogens with zero attached hydrogens (tertiary/aromatic N) is 1. The molecule has 92 valence electrons. The minimum atomic E-state index is -0.300. The summed E-state index contributed by atoms with van der Waals surface area (Å²) in [6.07, 6.45) is 5.03. The predicted molar refractivity (Wildman–Crippen MR) is 66.5 cm³/mol. The summed E-state index contributed by atoms with van der Waals surface area (Å²) in [7, 11) is 0. The third-order valence-electron chi connectivity index (χ3n) is 2.10. The molecule has 0 unspecified atom stereocenters. The Bertz CT molecular complexity index is 372. The summed E-state index contributed by atoms with van der Waals surface area (Å²) in [6.45, 7) is 5.52. The Morgan fingerprint density at radius 2 is 2.35 bits per heavy atom. The maximum Gasteiger partial charge on any atom is 0.330 e. The van der Waals surface area contributed by atoms with Crippen LogP contribution in [-0.2, 0) is 16.1 Å². The fourth-order valence-corrected chi connectivity index (χ4v) is 1.25. The van der Waals surface area contributed by atoms with Crippen molar-refractivity contribution in [3.05, 3.63) is 41.7 Å². The number of rotatable bonds is 6. The van der Waals surface area contributed by atoms with Crippen LogP contribution in [0.3, 0.4) is 0 Å². The zero-order valence-corrected chi connectivity index (χ0v) is 10.3. The first-order chi connectivity index (χ1) is 8.22. The summed E-state index contributed by atoms with van der Waals surface area (Å²) in [5, 5.41) is 3.18. The molecule has 0 radical (unpaired) electrons. The maximum absolute atomic E-state index is 11.0. The topological polar surface area (TPSA) is 51.2 Å². The van der Waals surface area contributed by atoms with Crippen molar-refractivity contribution >= 4 is 5.97 Å². The molecule has 0 aliphatic rings. The second kappa shape index (κ2) is 7.57. The van der Waals surface area contributed by atoms with Crippen LogP contribution in [0.2, 0.25) is 0 Å². The van der Waals surface area contributed by atoms with Crippen LogP contribution in [0.1, 0.15) is 18.2 Å². The molecular weight excluding hydrogens is 216 g/mol. The van der Waals surface area contributed by atoms with E-state index in [1.165, 1.54) is 6.08 Å². The molecule has 1 aromatic heterocycles. The van der Waals surface area contributed by atoms with Crippen molar-refractivity contribution in [1.82, 2.24) is 10.3 Å². The molecule has 0 amide bonds. The second-order valence-electron chi connectivity index (χ2n) is 3.59. The molecule has 0 spiro atoms. The summed E-state index contributed by atoms with van der Waals surface area (Å²) in [6, 6.07) is 4.01. The van der Waals surface area contributed by atoms with Crippen LogP contribution < -0.4 is 5.32 Å². The van der Waals surface area contributed by atoms with Gasteiger partial charge in [-0.1, -0.05) is 12.1 Å². The molecule has 0 aromatic carbocycles. The van der Waals surface area contributed by atoms with Crippen LogP contribution in [-0.4, -0.2) is 24.1 Å². The molecule has 4 nitrogen and oxygen atoms in total. The molecule has 0 bridgehead atoms. The average Bonchev–Trinajstić information content (AvgIpc) is 2.31. The van der Waals surface area contributed by atoms with Crippen molar-refractivity contribution in [2.24, 2.45) is 0 Å². The van der Waals surface area contributed by atoms with Crippen molar-refractivity contribution in [2.75, 3.05) is 13.2 Å². The van der Waals surface area contributed by atoms with Gasteiger partial charge in [-0.05, 0) is 25.5 Å². The molecule has 0 fully saturated rings. The number of aromatic nitrogens is 1. The lowest BCUT2D eigenvalue weighted by Crippen LogP contribution is -2.13. The molecule has 0 aliphatic heterocycles.